The van der Waals surface area contributed by atoms with Crippen LogP contribution in [0.1, 0.15) is 24.3 Å². The number of piperidine rings is 1. The number of amides is 1. The van der Waals surface area contributed by atoms with E-state index in [4.69, 9.17) is 16.1 Å². The maximum absolute atomic E-state index is 12.9. The lowest BCUT2D eigenvalue weighted by atomic mass is 9.99. The smallest absolute Gasteiger partial charge is 0.246 e. The molecule has 0 aliphatic carbocycles. The minimum absolute atomic E-state index is 0.0815. The quantitative estimate of drug-likeness (QED) is 0.586. The fourth-order valence-electron chi connectivity index (χ4n) is 3.70. The molecule has 1 aliphatic rings. The molecule has 0 unspecified atom stereocenters. The largest absolute Gasteiger partial charge is 0.347 e. The Morgan fingerprint density at radius 2 is 1.97 bits per heavy atom. The second-order valence-corrected chi connectivity index (χ2v) is 10.1. The van der Waals surface area contributed by atoms with Gasteiger partial charge in [0.05, 0.1) is 17.4 Å². The van der Waals surface area contributed by atoms with Crippen LogP contribution in [0.25, 0.3) is 11.4 Å². The highest BCUT2D eigenvalue weighted by Gasteiger charge is 2.33. The fraction of sp³-hybridized carbons (Fsp3) is 0.318. The lowest BCUT2D eigenvalue weighted by Crippen LogP contribution is -2.45. The summed E-state index contributed by atoms with van der Waals surface area (Å²) < 4.78 is 32.5. The molecule has 2 aromatic carbocycles. The Morgan fingerprint density at radius 3 is 2.72 bits per heavy atom. The van der Waals surface area contributed by atoms with Crippen LogP contribution in [-0.4, -0.2) is 41.9 Å². The molecule has 1 aliphatic heterocycles. The minimum atomic E-state index is -3.69. The zero-order valence-corrected chi connectivity index (χ0v) is 19.1. The molecule has 10 heteroatoms. The van der Waals surface area contributed by atoms with Gasteiger partial charge in [0.15, 0.2) is 0 Å². The van der Waals surface area contributed by atoms with Crippen LogP contribution in [0.5, 0.6) is 0 Å². The van der Waals surface area contributed by atoms with Gasteiger partial charge in [0, 0.05) is 23.7 Å². The molecule has 168 valence electrons. The van der Waals surface area contributed by atoms with Gasteiger partial charge in [-0.1, -0.05) is 41.0 Å². The first-order valence-corrected chi connectivity index (χ1v) is 12.1. The summed E-state index contributed by atoms with van der Waals surface area (Å²) in [6, 6.07) is 13.7. The van der Waals surface area contributed by atoms with Crippen LogP contribution in [0.15, 0.2) is 57.9 Å². The van der Waals surface area contributed by atoms with Crippen LogP contribution < -0.4 is 5.32 Å². The van der Waals surface area contributed by atoms with Crippen LogP contribution in [0.2, 0.25) is 5.02 Å². The highest BCUT2D eigenvalue weighted by atomic mass is 35.5. The van der Waals surface area contributed by atoms with Crippen LogP contribution in [-0.2, 0) is 21.4 Å². The van der Waals surface area contributed by atoms with E-state index < -0.39 is 15.9 Å². The molecule has 0 radical (unpaired) electrons. The van der Waals surface area contributed by atoms with Crippen molar-refractivity contribution in [3.8, 4) is 11.4 Å². The summed E-state index contributed by atoms with van der Waals surface area (Å²) in [5, 5.41) is 7.24. The van der Waals surface area contributed by atoms with Gasteiger partial charge in [0.25, 0.3) is 0 Å². The summed E-state index contributed by atoms with van der Waals surface area (Å²) in [5.41, 5.74) is 1.89. The zero-order valence-electron chi connectivity index (χ0n) is 17.5. The number of nitrogens with one attached hydrogen (secondary N) is 1. The molecule has 1 saturated heterocycles. The van der Waals surface area contributed by atoms with E-state index in [0.29, 0.717) is 30.2 Å². The Hall–Kier alpha value is -2.75. The molecule has 3 aromatic rings. The van der Waals surface area contributed by atoms with Crippen molar-refractivity contribution >= 4 is 27.5 Å². The number of benzene rings is 2. The van der Waals surface area contributed by atoms with Gasteiger partial charge in [0.2, 0.25) is 27.6 Å². The van der Waals surface area contributed by atoms with E-state index in [9.17, 15) is 13.2 Å². The van der Waals surface area contributed by atoms with Crippen LogP contribution >= 0.6 is 11.6 Å². The molecule has 8 nitrogen and oxygen atoms in total. The lowest BCUT2D eigenvalue weighted by molar-refractivity contribution is -0.126. The van der Waals surface area contributed by atoms with Crippen LogP contribution in [0.4, 0.5) is 0 Å². The number of rotatable bonds is 6. The molecule has 1 fully saturated rings. The van der Waals surface area contributed by atoms with Crippen molar-refractivity contribution in [2.75, 3.05) is 13.1 Å². The molecule has 4 rings (SSSR count). The van der Waals surface area contributed by atoms with Gasteiger partial charge in [-0.25, -0.2) is 8.42 Å². The van der Waals surface area contributed by atoms with Crippen molar-refractivity contribution in [1.82, 2.24) is 19.8 Å². The summed E-state index contributed by atoms with van der Waals surface area (Å²) in [4.78, 5) is 17.2. The fourth-order valence-corrected chi connectivity index (χ4v) is 5.35. The van der Waals surface area contributed by atoms with Gasteiger partial charge >= 0.3 is 0 Å². The Bertz CT molecular complexity index is 1210. The molecule has 1 atom stereocenters. The number of carbonyl (C=O) groups is 1. The number of carbonyl (C=O) groups excluding carboxylic acids is 1. The van der Waals surface area contributed by atoms with Crippen molar-refractivity contribution in [3.63, 3.8) is 0 Å². The van der Waals surface area contributed by atoms with Crippen molar-refractivity contribution in [1.29, 1.82) is 0 Å². The summed E-state index contributed by atoms with van der Waals surface area (Å²) in [6.07, 6.45) is 1.21. The average Bonchev–Trinajstić information content (AvgIpc) is 3.27. The third-order valence-electron chi connectivity index (χ3n) is 5.47. The van der Waals surface area contributed by atoms with E-state index in [1.165, 1.54) is 28.6 Å². The van der Waals surface area contributed by atoms with Gasteiger partial charge < -0.3 is 9.84 Å². The predicted octanol–water partition coefficient (Wildman–Crippen LogP) is 3.42. The van der Waals surface area contributed by atoms with Gasteiger partial charge in [-0.05, 0) is 49.6 Å². The molecule has 0 bridgehead atoms. The number of hydrogen-bond acceptors (Lipinski definition) is 6. The zero-order chi connectivity index (χ0) is 22.7. The first kappa shape index (κ1) is 22.4. The number of halogens is 1. The van der Waals surface area contributed by atoms with E-state index in [0.717, 1.165) is 11.1 Å². The van der Waals surface area contributed by atoms with Gasteiger partial charge in [-0.2, -0.15) is 9.29 Å². The van der Waals surface area contributed by atoms with Gasteiger partial charge in [-0.3, -0.25) is 4.79 Å². The Balaban J connectivity index is 1.38. The predicted molar refractivity (Wildman–Crippen MR) is 119 cm³/mol. The third-order valence-corrected chi connectivity index (χ3v) is 7.61. The van der Waals surface area contributed by atoms with Crippen molar-refractivity contribution in [3.05, 3.63) is 65.0 Å². The summed E-state index contributed by atoms with van der Waals surface area (Å²) in [6.45, 7) is 2.53. The molecule has 1 aromatic heterocycles. The Labute approximate surface area is 191 Å². The van der Waals surface area contributed by atoms with Gasteiger partial charge in [-0.15, -0.1) is 0 Å². The highest BCUT2D eigenvalue weighted by Crippen LogP contribution is 2.25. The highest BCUT2D eigenvalue weighted by molar-refractivity contribution is 7.89. The van der Waals surface area contributed by atoms with Crippen LogP contribution in [0.3, 0.4) is 0 Å². The summed E-state index contributed by atoms with van der Waals surface area (Å²) >= 11 is 5.86. The Kier molecular flexibility index (Phi) is 6.59. The SMILES string of the molecule is Cc1ccccc1-c1noc(CNC(=O)[C@H]2CCCN(S(=O)(=O)c3ccc(Cl)cc3)C2)n1. The Morgan fingerprint density at radius 1 is 1.22 bits per heavy atom. The second-order valence-electron chi connectivity index (χ2n) is 7.70. The second kappa shape index (κ2) is 9.40. The van der Waals surface area contributed by atoms with E-state index in [1.54, 1.807) is 0 Å². The lowest BCUT2D eigenvalue weighted by Gasteiger charge is -2.31. The standard InChI is InChI=1S/C22H23ClN4O4S/c1-15-5-2-3-7-19(15)21-25-20(31-26-21)13-24-22(28)16-6-4-12-27(14-16)32(29,30)18-10-8-17(23)9-11-18/h2-3,5,7-11,16H,4,6,12-14H2,1H3,(H,24,28)/t16-/m0/s1. The van der Waals surface area contributed by atoms with E-state index in [-0.39, 0.29) is 29.8 Å². The summed E-state index contributed by atoms with van der Waals surface area (Å²) in [5.74, 6) is 0.0598. The number of aromatic nitrogens is 2. The molecule has 0 spiro atoms. The third kappa shape index (κ3) is 4.85. The van der Waals surface area contributed by atoms with E-state index in [2.05, 4.69) is 15.5 Å². The molecule has 1 N–H and O–H groups in total. The topological polar surface area (TPSA) is 105 Å². The first-order valence-electron chi connectivity index (χ1n) is 10.3. The maximum atomic E-state index is 12.9. The number of nitrogens with zero attached hydrogens (tertiary/aromatic N) is 3. The van der Waals surface area contributed by atoms with Crippen molar-refractivity contribution in [2.24, 2.45) is 5.92 Å². The average molecular weight is 475 g/mol. The molecule has 32 heavy (non-hydrogen) atoms. The normalized spacial score (nSPS) is 17.2. The number of hydrogen-bond donors (Lipinski definition) is 1. The van der Waals surface area contributed by atoms with Crippen molar-refractivity contribution in [2.45, 2.75) is 31.2 Å². The molecule has 2 heterocycles. The first-order chi connectivity index (χ1) is 15.3. The molecule has 0 saturated carbocycles. The van der Waals surface area contributed by atoms with E-state index >= 15 is 0 Å². The maximum Gasteiger partial charge on any atom is 0.246 e. The molecular weight excluding hydrogens is 452 g/mol. The minimum Gasteiger partial charge on any atom is -0.347 e. The number of aryl methyl sites for hydroxylation is 1. The van der Waals surface area contributed by atoms with Gasteiger partial charge in [0.1, 0.15) is 0 Å². The number of sulfonamides is 1. The summed E-state index contributed by atoms with van der Waals surface area (Å²) in [7, 11) is -3.69. The van der Waals surface area contributed by atoms with Crippen molar-refractivity contribution < 1.29 is 17.7 Å². The monoisotopic (exact) mass is 474 g/mol. The van der Waals surface area contributed by atoms with Crippen LogP contribution in [0, 0.1) is 12.8 Å². The van der Waals surface area contributed by atoms with E-state index in [1.807, 2.05) is 31.2 Å². The molecular formula is C22H23ClN4O4S. The molecule has 1 amide bonds.